The Labute approximate surface area is 110 Å². The first-order chi connectivity index (χ1) is 8.54. The zero-order valence-electron chi connectivity index (χ0n) is 12.2. The topological polar surface area (TPSA) is 30.5 Å². The van der Waals surface area contributed by atoms with E-state index in [1.807, 2.05) is 25.1 Å². The van der Waals surface area contributed by atoms with E-state index in [1.54, 1.807) is 7.11 Å². The quantitative estimate of drug-likeness (QED) is 0.807. The molecule has 1 N–H and O–H groups in total. The first-order valence-electron chi connectivity index (χ1n) is 6.59. The summed E-state index contributed by atoms with van der Waals surface area (Å²) >= 11 is 0. The first kappa shape index (κ1) is 14.8. The standard InChI is InChI=1S/C15H25NO2/c1-6-15(4,11-16-7-2)18-13-9-8-12(3)10-14(13)17-5/h8-10,16H,6-7,11H2,1-5H3. The molecule has 0 bridgehead atoms. The third-order valence-electron chi connectivity index (χ3n) is 3.17. The van der Waals surface area contributed by atoms with Crippen molar-refractivity contribution >= 4 is 0 Å². The van der Waals surface area contributed by atoms with E-state index in [0.717, 1.165) is 31.0 Å². The average molecular weight is 251 g/mol. The summed E-state index contributed by atoms with van der Waals surface area (Å²) in [6.45, 7) is 10.2. The Morgan fingerprint density at radius 3 is 2.50 bits per heavy atom. The Balaban J connectivity index is 2.87. The van der Waals surface area contributed by atoms with Gasteiger partial charge in [-0.05, 0) is 44.5 Å². The zero-order valence-corrected chi connectivity index (χ0v) is 12.2. The number of methoxy groups -OCH3 is 1. The van der Waals surface area contributed by atoms with Crippen molar-refractivity contribution in [2.24, 2.45) is 0 Å². The van der Waals surface area contributed by atoms with Crippen LogP contribution in [0.25, 0.3) is 0 Å². The molecule has 1 rings (SSSR count). The molecule has 0 aromatic heterocycles. The van der Waals surface area contributed by atoms with Gasteiger partial charge in [0.05, 0.1) is 7.11 Å². The molecule has 0 aliphatic heterocycles. The van der Waals surface area contributed by atoms with Crippen molar-refractivity contribution in [1.29, 1.82) is 0 Å². The third kappa shape index (κ3) is 3.91. The van der Waals surface area contributed by atoms with Crippen LogP contribution < -0.4 is 14.8 Å². The molecule has 1 aromatic rings. The largest absolute Gasteiger partial charge is 0.493 e. The fourth-order valence-electron chi connectivity index (χ4n) is 1.75. The summed E-state index contributed by atoms with van der Waals surface area (Å²) in [7, 11) is 1.68. The molecule has 1 unspecified atom stereocenters. The summed E-state index contributed by atoms with van der Waals surface area (Å²) in [5, 5.41) is 3.34. The summed E-state index contributed by atoms with van der Waals surface area (Å²) in [6, 6.07) is 6.02. The van der Waals surface area contributed by atoms with Gasteiger partial charge in [-0.2, -0.15) is 0 Å². The number of benzene rings is 1. The van der Waals surface area contributed by atoms with Crippen LogP contribution in [0.2, 0.25) is 0 Å². The van der Waals surface area contributed by atoms with Crippen molar-refractivity contribution in [1.82, 2.24) is 5.32 Å². The van der Waals surface area contributed by atoms with Crippen molar-refractivity contribution in [3.05, 3.63) is 23.8 Å². The van der Waals surface area contributed by atoms with Crippen LogP contribution in [0.15, 0.2) is 18.2 Å². The molecule has 0 heterocycles. The molecule has 0 saturated heterocycles. The van der Waals surface area contributed by atoms with Gasteiger partial charge in [0.25, 0.3) is 0 Å². The molecule has 1 atom stereocenters. The van der Waals surface area contributed by atoms with Gasteiger partial charge in [0.15, 0.2) is 11.5 Å². The van der Waals surface area contributed by atoms with Gasteiger partial charge in [-0.25, -0.2) is 0 Å². The monoisotopic (exact) mass is 251 g/mol. The molecule has 3 heteroatoms. The fourth-order valence-corrected chi connectivity index (χ4v) is 1.75. The summed E-state index contributed by atoms with van der Waals surface area (Å²) < 4.78 is 11.5. The lowest BCUT2D eigenvalue weighted by atomic mass is 10.0. The Morgan fingerprint density at radius 1 is 1.22 bits per heavy atom. The Hall–Kier alpha value is -1.22. The number of hydrogen-bond donors (Lipinski definition) is 1. The molecule has 0 aliphatic rings. The summed E-state index contributed by atoms with van der Waals surface area (Å²) in [6.07, 6.45) is 0.941. The second kappa shape index (κ2) is 6.64. The smallest absolute Gasteiger partial charge is 0.162 e. The minimum absolute atomic E-state index is 0.210. The summed E-state index contributed by atoms with van der Waals surface area (Å²) in [4.78, 5) is 0. The lowest BCUT2D eigenvalue weighted by Gasteiger charge is -2.30. The van der Waals surface area contributed by atoms with Crippen molar-refractivity contribution in [3.63, 3.8) is 0 Å². The molecule has 0 aliphatic carbocycles. The summed E-state index contributed by atoms with van der Waals surface area (Å²) in [5.74, 6) is 1.61. The molecule has 0 fully saturated rings. The number of likely N-dealkylation sites (N-methyl/N-ethyl adjacent to an activating group) is 1. The highest BCUT2D eigenvalue weighted by molar-refractivity contribution is 5.42. The van der Waals surface area contributed by atoms with Crippen LogP contribution in [0.3, 0.4) is 0 Å². The SMILES string of the molecule is CCNCC(C)(CC)Oc1ccc(C)cc1OC. The molecule has 1 aromatic carbocycles. The van der Waals surface area contributed by atoms with E-state index in [9.17, 15) is 0 Å². The van der Waals surface area contributed by atoms with Crippen LogP contribution in [0.5, 0.6) is 11.5 Å². The maximum Gasteiger partial charge on any atom is 0.162 e. The number of hydrogen-bond acceptors (Lipinski definition) is 3. The first-order valence-corrected chi connectivity index (χ1v) is 6.59. The van der Waals surface area contributed by atoms with Gasteiger partial charge >= 0.3 is 0 Å². The van der Waals surface area contributed by atoms with Crippen molar-refractivity contribution in [2.45, 2.75) is 39.7 Å². The predicted octanol–water partition coefficient (Wildman–Crippen LogP) is 3.16. The van der Waals surface area contributed by atoms with E-state index in [1.165, 1.54) is 5.56 Å². The number of ether oxygens (including phenoxy) is 2. The maximum atomic E-state index is 6.14. The minimum Gasteiger partial charge on any atom is -0.493 e. The highest BCUT2D eigenvalue weighted by atomic mass is 16.5. The molecule has 0 saturated carbocycles. The number of rotatable bonds is 7. The predicted molar refractivity (Wildman–Crippen MR) is 75.6 cm³/mol. The Morgan fingerprint density at radius 2 is 1.94 bits per heavy atom. The number of nitrogens with one attached hydrogen (secondary N) is 1. The highest BCUT2D eigenvalue weighted by Crippen LogP contribution is 2.31. The highest BCUT2D eigenvalue weighted by Gasteiger charge is 2.25. The van der Waals surface area contributed by atoms with Gasteiger partial charge < -0.3 is 14.8 Å². The van der Waals surface area contributed by atoms with E-state index in [2.05, 4.69) is 26.1 Å². The number of aryl methyl sites for hydroxylation is 1. The second-order valence-electron chi connectivity index (χ2n) is 4.84. The minimum atomic E-state index is -0.210. The lowest BCUT2D eigenvalue weighted by Crippen LogP contribution is -2.42. The molecule has 3 nitrogen and oxygen atoms in total. The Kier molecular flexibility index (Phi) is 5.48. The Bertz CT molecular complexity index is 379. The third-order valence-corrected chi connectivity index (χ3v) is 3.17. The van der Waals surface area contributed by atoms with Gasteiger partial charge in [-0.1, -0.05) is 19.9 Å². The van der Waals surface area contributed by atoms with Gasteiger partial charge in [0, 0.05) is 6.54 Å². The second-order valence-corrected chi connectivity index (χ2v) is 4.84. The van der Waals surface area contributed by atoms with Crippen LogP contribution in [0.4, 0.5) is 0 Å². The molecule has 0 spiro atoms. The van der Waals surface area contributed by atoms with Crippen LogP contribution in [0, 0.1) is 6.92 Å². The van der Waals surface area contributed by atoms with E-state index in [4.69, 9.17) is 9.47 Å². The van der Waals surface area contributed by atoms with Gasteiger partial charge in [-0.15, -0.1) is 0 Å². The molecule has 0 amide bonds. The normalized spacial score (nSPS) is 14.1. The molecule has 0 radical (unpaired) electrons. The average Bonchev–Trinajstić information content (AvgIpc) is 2.38. The van der Waals surface area contributed by atoms with E-state index in [0.29, 0.717) is 0 Å². The fraction of sp³-hybridized carbons (Fsp3) is 0.600. The summed E-state index contributed by atoms with van der Waals surface area (Å²) in [5.41, 5.74) is 0.961. The van der Waals surface area contributed by atoms with Crippen LogP contribution in [0.1, 0.15) is 32.8 Å². The molecular formula is C15H25NO2. The van der Waals surface area contributed by atoms with Gasteiger partial charge in [0.2, 0.25) is 0 Å². The van der Waals surface area contributed by atoms with E-state index >= 15 is 0 Å². The van der Waals surface area contributed by atoms with Crippen LogP contribution in [-0.4, -0.2) is 25.8 Å². The van der Waals surface area contributed by atoms with Crippen molar-refractivity contribution in [3.8, 4) is 11.5 Å². The molecule has 18 heavy (non-hydrogen) atoms. The van der Waals surface area contributed by atoms with Gasteiger partial charge in [-0.3, -0.25) is 0 Å². The van der Waals surface area contributed by atoms with Crippen LogP contribution >= 0.6 is 0 Å². The van der Waals surface area contributed by atoms with E-state index in [-0.39, 0.29) is 5.60 Å². The molecular weight excluding hydrogens is 226 g/mol. The van der Waals surface area contributed by atoms with Gasteiger partial charge in [0.1, 0.15) is 5.60 Å². The maximum absolute atomic E-state index is 6.14. The van der Waals surface area contributed by atoms with Crippen molar-refractivity contribution in [2.75, 3.05) is 20.2 Å². The zero-order chi connectivity index (χ0) is 13.6. The van der Waals surface area contributed by atoms with Crippen LogP contribution in [-0.2, 0) is 0 Å². The van der Waals surface area contributed by atoms with Crippen molar-refractivity contribution < 1.29 is 9.47 Å². The van der Waals surface area contributed by atoms with E-state index < -0.39 is 0 Å². The lowest BCUT2D eigenvalue weighted by molar-refractivity contribution is 0.0805. The molecule has 102 valence electrons.